The number of aromatic nitrogens is 1. The van der Waals surface area contributed by atoms with Crippen molar-refractivity contribution in [3.8, 4) is 0 Å². The minimum Gasteiger partial charge on any atom is -0.443 e. The molecule has 0 unspecified atom stereocenters. The minimum atomic E-state index is -0.955. The van der Waals surface area contributed by atoms with Crippen molar-refractivity contribution in [3.05, 3.63) is 59.6 Å². The molecule has 27 heavy (non-hydrogen) atoms. The fourth-order valence-electron chi connectivity index (χ4n) is 2.94. The summed E-state index contributed by atoms with van der Waals surface area (Å²) in [4.78, 5) is 31.6. The van der Waals surface area contributed by atoms with Crippen LogP contribution in [0.5, 0.6) is 0 Å². The summed E-state index contributed by atoms with van der Waals surface area (Å²) in [7, 11) is 0. The molecule has 0 aliphatic carbocycles. The van der Waals surface area contributed by atoms with Gasteiger partial charge in [-0.05, 0) is 19.3 Å². The van der Waals surface area contributed by atoms with Gasteiger partial charge < -0.3 is 15.0 Å². The van der Waals surface area contributed by atoms with Gasteiger partial charge in [0.05, 0.1) is 0 Å². The fourth-order valence-corrected chi connectivity index (χ4v) is 3.63. The van der Waals surface area contributed by atoms with E-state index in [-0.39, 0.29) is 11.6 Å². The van der Waals surface area contributed by atoms with Crippen LogP contribution in [0.25, 0.3) is 0 Å². The zero-order valence-corrected chi connectivity index (χ0v) is 15.9. The summed E-state index contributed by atoms with van der Waals surface area (Å²) in [5.41, 5.74) is 0.862. The number of amides is 1. The molecular weight excluding hydrogens is 362 g/mol. The van der Waals surface area contributed by atoms with Crippen LogP contribution in [-0.4, -0.2) is 41.4 Å². The van der Waals surface area contributed by atoms with E-state index in [0.29, 0.717) is 30.3 Å². The maximum atomic E-state index is 13.0. The number of hydrogen-bond acceptors (Lipinski definition) is 6. The van der Waals surface area contributed by atoms with Crippen LogP contribution in [0.3, 0.4) is 0 Å². The number of carbonyl (C=O) groups excluding carboxylic acids is 2. The molecule has 1 N–H and O–H groups in total. The van der Waals surface area contributed by atoms with E-state index in [9.17, 15) is 9.59 Å². The second kappa shape index (κ2) is 9.32. The Balaban J connectivity index is 1.76. The molecule has 1 fully saturated rings. The van der Waals surface area contributed by atoms with Gasteiger partial charge in [-0.25, -0.2) is 9.78 Å². The van der Waals surface area contributed by atoms with Gasteiger partial charge in [-0.15, -0.1) is 17.9 Å². The van der Waals surface area contributed by atoms with Crippen molar-refractivity contribution in [2.24, 2.45) is 0 Å². The molecule has 0 radical (unpaired) electrons. The Kier molecular flexibility index (Phi) is 6.59. The number of benzene rings is 1. The molecule has 1 saturated heterocycles. The van der Waals surface area contributed by atoms with Gasteiger partial charge >= 0.3 is 5.97 Å². The van der Waals surface area contributed by atoms with Gasteiger partial charge in [-0.2, -0.15) is 0 Å². The third kappa shape index (κ3) is 4.95. The number of carbonyl (C=O) groups is 2. The van der Waals surface area contributed by atoms with E-state index in [1.54, 1.807) is 28.5 Å². The summed E-state index contributed by atoms with van der Waals surface area (Å²) in [5.74, 6) is -0.772. The maximum Gasteiger partial charge on any atom is 0.359 e. The van der Waals surface area contributed by atoms with Crippen LogP contribution in [0.1, 0.15) is 41.4 Å². The van der Waals surface area contributed by atoms with Crippen molar-refractivity contribution >= 4 is 28.3 Å². The molecule has 1 atom stereocenters. The average Bonchev–Trinajstić information content (AvgIpc) is 3.20. The number of rotatable bonds is 7. The molecule has 3 rings (SSSR count). The molecule has 1 aliphatic rings. The first kappa shape index (κ1) is 19.1. The minimum absolute atomic E-state index is 0.172. The van der Waals surface area contributed by atoms with Crippen LogP contribution in [0.2, 0.25) is 0 Å². The molecule has 1 aromatic carbocycles. The highest BCUT2D eigenvalue weighted by atomic mass is 32.1. The van der Waals surface area contributed by atoms with Crippen LogP contribution in [0.15, 0.2) is 48.4 Å². The topological polar surface area (TPSA) is 71.5 Å². The van der Waals surface area contributed by atoms with Gasteiger partial charge in [0.2, 0.25) is 6.10 Å². The molecule has 142 valence electrons. The van der Waals surface area contributed by atoms with E-state index in [1.165, 1.54) is 11.3 Å². The number of likely N-dealkylation sites (tertiary alicyclic amines) is 1. The smallest absolute Gasteiger partial charge is 0.359 e. The predicted molar refractivity (Wildman–Crippen MR) is 106 cm³/mol. The molecule has 1 aromatic heterocycles. The summed E-state index contributed by atoms with van der Waals surface area (Å²) in [6.07, 6.45) is 3.83. The molecule has 0 spiro atoms. The van der Waals surface area contributed by atoms with Gasteiger partial charge in [0, 0.05) is 30.6 Å². The van der Waals surface area contributed by atoms with Crippen LogP contribution in [-0.2, 0) is 9.53 Å². The molecule has 6 nitrogen and oxygen atoms in total. The SMILES string of the molecule is C=CCNc1nc(C(=O)O[C@@H](C(=O)N2CCCCC2)c2ccccc2)cs1. The van der Waals surface area contributed by atoms with Crippen LogP contribution in [0.4, 0.5) is 5.13 Å². The van der Waals surface area contributed by atoms with Crippen molar-refractivity contribution in [3.63, 3.8) is 0 Å². The molecule has 0 saturated carbocycles. The lowest BCUT2D eigenvalue weighted by molar-refractivity contribution is -0.142. The van der Waals surface area contributed by atoms with Crippen LogP contribution < -0.4 is 5.32 Å². The Morgan fingerprint density at radius 3 is 2.70 bits per heavy atom. The van der Waals surface area contributed by atoms with Crippen molar-refractivity contribution in [1.29, 1.82) is 0 Å². The molecular formula is C20H23N3O3S. The highest BCUT2D eigenvalue weighted by Gasteiger charge is 2.31. The molecule has 2 aromatic rings. The molecule has 1 aliphatic heterocycles. The quantitative estimate of drug-likeness (QED) is 0.582. The molecule has 2 heterocycles. The molecule has 0 bridgehead atoms. The van der Waals surface area contributed by atoms with Gasteiger partial charge in [0.15, 0.2) is 10.8 Å². The van der Waals surface area contributed by atoms with Crippen molar-refractivity contribution in [2.75, 3.05) is 25.0 Å². The maximum absolute atomic E-state index is 13.0. The van der Waals surface area contributed by atoms with E-state index in [1.807, 2.05) is 18.2 Å². The van der Waals surface area contributed by atoms with Crippen molar-refractivity contribution < 1.29 is 14.3 Å². The first-order chi connectivity index (χ1) is 13.2. The summed E-state index contributed by atoms with van der Waals surface area (Å²) < 4.78 is 5.62. The summed E-state index contributed by atoms with van der Waals surface area (Å²) >= 11 is 1.31. The van der Waals surface area contributed by atoms with E-state index in [2.05, 4.69) is 16.9 Å². The lowest BCUT2D eigenvalue weighted by Crippen LogP contribution is -2.40. The van der Waals surface area contributed by atoms with E-state index in [0.717, 1.165) is 19.3 Å². The zero-order chi connectivity index (χ0) is 19.1. The van der Waals surface area contributed by atoms with Gasteiger partial charge in [-0.3, -0.25) is 4.79 Å². The molecule has 1 amide bonds. The van der Waals surface area contributed by atoms with Crippen LogP contribution in [0, 0.1) is 0 Å². The Labute approximate surface area is 162 Å². The predicted octanol–water partition coefficient (Wildman–Crippen LogP) is 3.65. The zero-order valence-electron chi connectivity index (χ0n) is 15.1. The lowest BCUT2D eigenvalue weighted by atomic mass is 10.1. The van der Waals surface area contributed by atoms with Crippen molar-refractivity contribution in [1.82, 2.24) is 9.88 Å². The molecule has 7 heteroatoms. The number of hydrogen-bond donors (Lipinski definition) is 1. The van der Waals surface area contributed by atoms with Crippen molar-refractivity contribution in [2.45, 2.75) is 25.4 Å². The number of nitrogens with one attached hydrogen (secondary N) is 1. The summed E-state index contributed by atoms with van der Waals surface area (Å²) in [6.45, 7) is 5.59. The Hall–Kier alpha value is -2.67. The number of ether oxygens (including phenoxy) is 1. The van der Waals surface area contributed by atoms with E-state index in [4.69, 9.17) is 4.74 Å². The number of nitrogens with zero attached hydrogens (tertiary/aromatic N) is 2. The van der Waals surface area contributed by atoms with E-state index < -0.39 is 12.1 Å². The standard InChI is InChI=1S/C20H23N3O3S/c1-2-11-21-20-22-16(14-27-20)19(25)26-17(15-9-5-3-6-10-15)18(24)23-12-7-4-8-13-23/h2-3,5-6,9-10,14,17H,1,4,7-8,11-13H2,(H,21,22)/t17-/m1/s1. The Bertz CT molecular complexity index is 785. The van der Waals surface area contributed by atoms with Gasteiger partial charge in [0.1, 0.15) is 0 Å². The first-order valence-electron chi connectivity index (χ1n) is 9.04. The number of anilines is 1. The second-order valence-electron chi connectivity index (χ2n) is 6.29. The average molecular weight is 385 g/mol. The van der Waals surface area contributed by atoms with Crippen LogP contribution >= 0.6 is 11.3 Å². The normalized spacial score (nSPS) is 15.0. The monoisotopic (exact) mass is 385 g/mol. The second-order valence-corrected chi connectivity index (χ2v) is 7.15. The number of piperidine rings is 1. The van der Waals surface area contributed by atoms with Gasteiger partial charge in [-0.1, -0.05) is 36.4 Å². The first-order valence-corrected chi connectivity index (χ1v) is 9.92. The summed E-state index contributed by atoms with van der Waals surface area (Å²) in [6, 6.07) is 9.14. The highest BCUT2D eigenvalue weighted by Crippen LogP contribution is 2.25. The third-order valence-electron chi connectivity index (χ3n) is 4.33. The van der Waals surface area contributed by atoms with E-state index >= 15 is 0 Å². The largest absolute Gasteiger partial charge is 0.443 e. The lowest BCUT2D eigenvalue weighted by Gasteiger charge is -2.30. The third-order valence-corrected chi connectivity index (χ3v) is 5.13. The van der Waals surface area contributed by atoms with Gasteiger partial charge in [0.25, 0.3) is 5.91 Å². The highest BCUT2D eigenvalue weighted by molar-refractivity contribution is 7.13. The Morgan fingerprint density at radius 2 is 2.00 bits per heavy atom. The Morgan fingerprint density at radius 1 is 1.26 bits per heavy atom. The number of esters is 1. The number of thiazole rings is 1. The summed E-state index contributed by atoms with van der Waals surface area (Å²) in [5, 5.41) is 5.27. The fraction of sp³-hybridized carbons (Fsp3) is 0.350.